The summed E-state index contributed by atoms with van der Waals surface area (Å²) in [5, 5.41) is 19.5. The molecule has 0 fully saturated rings. The lowest BCUT2D eigenvalue weighted by Gasteiger charge is -2.36. The van der Waals surface area contributed by atoms with Crippen molar-refractivity contribution in [1.82, 2.24) is 0 Å². The van der Waals surface area contributed by atoms with Gasteiger partial charge in [0, 0.05) is 0 Å². The molecule has 0 aromatic heterocycles. The molecule has 4 heteroatoms. The highest BCUT2D eigenvalue weighted by Gasteiger charge is 2.30. The van der Waals surface area contributed by atoms with Gasteiger partial charge in [0.1, 0.15) is 12.1 Å². The second-order valence-electron chi connectivity index (χ2n) is 10.9. The minimum atomic E-state index is -0.765. The highest BCUT2D eigenvalue weighted by Crippen LogP contribution is 2.20. The van der Waals surface area contributed by atoms with Crippen molar-refractivity contribution < 1.29 is 19.5 Å². The highest BCUT2D eigenvalue weighted by molar-refractivity contribution is 5.66. The van der Waals surface area contributed by atoms with Gasteiger partial charge in [0.2, 0.25) is 0 Å². The maximum atomic E-state index is 10.8. The maximum Gasteiger partial charge on any atom is 0.309 e. The van der Waals surface area contributed by atoms with E-state index in [-0.39, 0.29) is 6.42 Å². The number of unbranched alkanes of at least 4 members (excludes halogenated alkanes) is 16. The van der Waals surface area contributed by atoms with Crippen LogP contribution in [-0.4, -0.2) is 53.5 Å². The molecule has 4 nitrogen and oxygen atoms in total. The fraction of sp³-hybridized carbons (Fsp3) is 0.963. The summed E-state index contributed by atoms with van der Waals surface area (Å²) in [5.74, 6) is -0.765. The van der Waals surface area contributed by atoms with E-state index in [2.05, 4.69) is 6.92 Å². The van der Waals surface area contributed by atoms with E-state index >= 15 is 0 Å². The summed E-state index contributed by atoms with van der Waals surface area (Å²) < 4.78 is 0.554. The average Bonchev–Trinajstić information content (AvgIpc) is 2.68. The molecule has 0 amide bonds. The third-order valence-electron chi connectivity index (χ3n) is 6.52. The number of carboxylic acid groups (broad SMARTS) is 1. The van der Waals surface area contributed by atoms with E-state index in [0.717, 1.165) is 12.8 Å². The second kappa shape index (κ2) is 18.9. The Morgan fingerprint density at radius 2 is 1.06 bits per heavy atom. The number of hydrogen-bond donors (Lipinski definition) is 2. The number of likely N-dealkylation sites (N-methyl/N-ethyl adjacent to an activating group) is 1. The smallest absolute Gasteiger partial charge is 0.309 e. The molecule has 0 saturated heterocycles. The fourth-order valence-corrected chi connectivity index (χ4v) is 4.71. The predicted molar refractivity (Wildman–Crippen MR) is 133 cm³/mol. The molecule has 0 aromatic rings. The second-order valence-corrected chi connectivity index (χ2v) is 10.9. The van der Waals surface area contributed by atoms with Crippen molar-refractivity contribution in [3.8, 4) is 0 Å². The van der Waals surface area contributed by atoms with Gasteiger partial charge in [-0.3, -0.25) is 4.79 Å². The Hall–Kier alpha value is -0.610. The molecule has 0 aliphatic heterocycles. The van der Waals surface area contributed by atoms with Crippen LogP contribution in [-0.2, 0) is 4.79 Å². The van der Waals surface area contributed by atoms with Crippen LogP contribution in [0.1, 0.15) is 136 Å². The molecule has 0 aromatic carbocycles. The van der Waals surface area contributed by atoms with E-state index in [0.29, 0.717) is 17.6 Å². The monoisotopic (exact) mass is 442 g/mol. The number of carbonyl (C=O) groups is 1. The summed E-state index contributed by atoms with van der Waals surface area (Å²) in [6.07, 6.45) is 24.1. The van der Waals surface area contributed by atoms with Gasteiger partial charge >= 0.3 is 5.97 Å². The van der Waals surface area contributed by atoms with Crippen molar-refractivity contribution in [2.75, 3.05) is 27.2 Å². The van der Waals surface area contributed by atoms with Crippen LogP contribution in [0.5, 0.6) is 0 Å². The molecular weight excluding hydrogens is 386 g/mol. The first-order valence-corrected chi connectivity index (χ1v) is 13.4. The van der Waals surface area contributed by atoms with E-state index in [4.69, 9.17) is 5.11 Å². The molecule has 1 atom stereocenters. The summed E-state index contributed by atoms with van der Waals surface area (Å²) in [6.45, 7) is 5.35. The van der Waals surface area contributed by atoms with Gasteiger partial charge in [-0.1, -0.05) is 116 Å². The number of carboxylic acids is 1. The number of hydrogen-bond acceptors (Lipinski definition) is 2. The van der Waals surface area contributed by atoms with Crippen molar-refractivity contribution >= 4 is 5.97 Å². The summed E-state index contributed by atoms with van der Waals surface area (Å²) >= 11 is 0. The third-order valence-corrected chi connectivity index (χ3v) is 6.52. The van der Waals surface area contributed by atoms with Crippen LogP contribution in [0.3, 0.4) is 0 Å². The normalized spacial score (nSPS) is 14.0. The van der Waals surface area contributed by atoms with Crippen LogP contribution in [0, 0.1) is 0 Å². The van der Waals surface area contributed by atoms with Gasteiger partial charge in [0.25, 0.3) is 0 Å². The fourth-order valence-electron chi connectivity index (χ4n) is 4.71. The van der Waals surface area contributed by atoms with Crippen LogP contribution in [0.15, 0.2) is 0 Å². The Morgan fingerprint density at radius 1 is 0.710 bits per heavy atom. The van der Waals surface area contributed by atoms with Crippen molar-refractivity contribution in [2.24, 2.45) is 0 Å². The largest absolute Gasteiger partial charge is 0.481 e. The van der Waals surface area contributed by atoms with E-state index in [1.807, 2.05) is 21.0 Å². The van der Waals surface area contributed by atoms with Crippen LogP contribution >= 0.6 is 0 Å². The average molecular weight is 443 g/mol. The number of aliphatic hydroxyl groups is 1. The standard InChI is InChI=1S/C27H55NO3/c1-5-6-7-8-9-10-11-12-13-14-15-16-17-18-19-20-21-23-27(2,31)25-28(3,4)24-22-26(29)30/h31H,5-25H2,1-4H3/p+1. The van der Waals surface area contributed by atoms with E-state index < -0.39 is 11.6 Å². The van der Waals surface area contributed by atoms with Crippen LogP contribution in [0.25, 0.3) is 0 Å². The first kappa shape index (κ1) is 30.4. The van der Waals surface area contributed by atoms with Crippen LogP contribution in [0.2, 0.25) is 0 Å². The van der Waals surface area contributed by atoms with E-state index in [1.54, 1.807) is 0 Å². The highest BCUT2D eigenvalue weighted by atomic mass is 16.4. The molecule has 1 unspecified atom stereocenters. The van der Waals surface area contributed by atoms with Gasteiger partial charge in [-0.05, 0) is 13.3 Å². The molecule has 186 valence electrons. The summed E-state index contributed by atoms with van der Waals surface area (Å²) in [4.78, 5) is 10.8. The molecule has 0 heterocycles. The van der Waals surface area contributed by atoms with Gasteiger partial charge < -0.3 is 14.7 Å². The lowest BCUT2D eigenvalue weighted by Crippen LogP contribution is -2.51. The molecule has 0 spiro atoms. The predicted octanol–water partition coefficient (Wildman–Crippen LogP) is 7.33. The third kappa shape index (κ3) is 22.4. The molecule has 0 aliphatic carbocycles. The Labute approximate surface area is 194 Å². The summed E-state index contributed by atoms with van der Waals surface area (Å²) in [6, 6.07) is 0. The van der Waals surface area contributed by atoms with Gasteiger partial charge in [-0.15, -0.1) is 0 Å². The van der Waals surface area contributed by atoms with Gasteiger partial charge in [-0.2, -0.15) is 0 Å². The zero-order chi connectivity index (χ0) is 23.4. The molecular formula is C27H56NO3+. The van der Waals surface area contributed by atoms with Crippen molar-refractivity contribution in [3.63, 3.8) is 0 Å². The Bertz CT molecular complexity index is 421. The van der Waals surface area contributed by atoms with Crippen molar-refractivity contribution in [2.45, 2.75) is 141 Å². The minimum Gasteiger partial charge on any atom is -0.481 e. The topological polar surface area (TPSA) is 57.5 Å². The van der Waals surface area contributed by atoms with E-state index in [9.17, 15) is 9.90 Å². The Morgan fingerprint density at radius 3 is 1.42 bits per heavy atom. The molecule has 31 heavy (non-hydrogen) atoms. The van der Waals surface area contributed by atoms with Gasteiger partial charge in [0.15, 0.2) is 0 Å². The van der Waals surface area contributed by atoms with Crippen LogP contribution in [0.4, 0.5) is 0 Å². The Balaban J connectivity index is 3.46. The van der Waals surface area contributed by atoms with Crippen molar-refractivity contribution in [3.05, 3.63) is 0 Å². The number of quaternary nitrogens is 1. The molecule has 0 bridgehead atoms. The Kier molecular flexibility index (Phi) is 18.5. The summed E-state index contributed by atoms with van der Waals surface area (Å²) in [5.41, 5.74) is -0.711. The molecule has 0 radical (unpaired) electrons. The molecule has 0 rings (SSSR count). The minimum absolute atomic E-state index is 0.155. The zero-order valence-electron chi connectivity index (χ0n) is 21.6. The first-order valence-electron chi connectivity index (χ1n) is 13.4. The van der Waals surface area contributed by atoms with E-state index in [1.165, 1.54) is 103 Å². The number of rotatable bonds is 23. The molecule has 0 saturated carbocycles. The summed E-state index contributed by atoms with van der Waals surface area (Å²) in [7, 11) is 4.01. The lowest BCUT2D eigenvalue weighted by molar-refractivity contribution is -0.896. The maximum absolute atomic E-state index is 10.8. The SMILES string of the molecule is CCCCCCCCCCCCCCCCCCCC(C)(O)C[N+](C)(C)CCC(=O)O. The van der Waals surface area contributed by atoms with Gasteiger partial charge in [0.05, 0.1) is 27.1 Å². The first-order chi connectivity index (χ1) is 14.7. The lowest BCUT2D eigenvalue weighted by atomic mass is 9.96. The van der Waals surface area contributed by atoms with Crippen LogP contribution < -0.4 is 0 Å². The quantitative estimate of drug-likeness (QED) is 0.129. The van der Waals surface area contributed by atoms with Gasteiger partial charge in [-0.25, -0.2) is 0 Å². The molecule has 2 N–H and O–H groups in total. The zero-order valence-corrected chi connectivity index (χ0v) is 21.6. The number of nitrogens with zero attached hydrogens (tertiary/aromatic N) is 1. The molecule has 0 aliphatic rings. The number of aliphatic carboxylic acids is 1. The van der Waals surface area contributed by atoms with Crippen molar-refractivity contribution in [1.29, 1.82) is 0 Å².